The molecule has 4 heterocycles. The highest BCUT2D eigenvalue weighted by atomic mass is 19.4. The Hall–Kier alpha value is -2.30. The largest absolute Gasteiger partial charge is 0.435 e. The summed E-state index contributed by atoms with van der Waals surface area (Å²) < 4.78 is 44.9. The number of piperidine rings is 2. The summed E-state index contributed by atoms with van der Waals surface area (Å²) in [7, 11) is 0. The number of fused-ring (bicyclic) bond motifs is 1. The molecule has 0 saturated carbocycles. The van der Waals surface area contributed by atoms with Gasteiger partial charge in [0.1, 0.15) is 6.61 Å². The van der Waals surface area contributed by atoms with E-state index in [1.54, 1.807) is 9.80 Å². The van der Waals surface area contributed by atoms with E-state index in [1.807, 2.05) is 0 Å². The topological polar surface area (TPSA) is 79.7 Å². The second kappa shape index (κ2) is 7.85. The van der Waals surface area contributed by atoms with Crippen molar-refractivity contribution in [2.45, 2.75) is 44.1 Å². The SMILES string of the molecule is O=C1CO[C@H]2CCN(C(=O)N3CCC(Cn4ccc(C(F)(F)F)n4)CC3)C[C@H]2N1. The van der Waals surface area contributed by atoms with Gasteiger partial charge in [-0.2, -0.15) is 18.3 Å². The molecule has 0 aromatic carbocycles. The van der Waals surface area contributed by atoms with Gasteiger partial charge >= 0.3 is 12.2 Å². The van der Waals surface area contributed by atoms with E-state index in [9.17, 15) is 22.8 Å². The molecule has 1 N–H and O–H groups in total. The van der Waals surface area contributed by atoms with Crippen molar-refractivity contribution in [2.75, 3.05) is 32.8 Å². The number of hydrogen-bond donors (Lipinski definition) is 1. The van der Waals surface area contributed by atoms with Crippen molar-refractivity contribution in [3.63, 3.8) is 0 Å². The Labute approximate surface area is 165 Å². The van der Waals surface area contributed by atoms with Gasteiger partial charge < -0.3 is 19.9 Å². The van der Waals surface area contributed by atoms with Gasteiger partial charge in [-0.25, -0.2) is 4.79 Å². The van der Waals surface area contributed by atoms with Crippen LogP contribution in [0.15, 0.2) is 12.3 Å². The number of aromatic nitrogens is 2. The monoisotopic (exact) mass is 415 g/mol. The van der Waals surface area contributed by atoms with Crippen LogP contribution in [0.4, 0.5) is 18.0 Å². The maximum absolute atomic E-state index is 12.8. The molecule has 1 aromatic heterocycles. The first-order valence-electron chi connectivity index (χ1n) is 9.85. The van der Waals surface area contributed by atoms with Crippen molar-refractivity contribution >= 4 is 11.9 Å². The van der Waals surface area contributed by atoms with Crippen LogP contribution in [0.1, 0.15) is 25.0 Å². The molecule has 11 heteroatoms. The molecule has 3 aliphatic rings. The third-order valence-electron chi connectivity index (χ3n) is 5.86. The number of ether oxygens (including phenoxy) is 1. The summed E-state index contributed by atoms with van der Waals surface area (Å²) in [6.07, 6.45) is -1.01. The van der Waals surface area contributed by atoms with E-state index in [0.29, 0.717) is 52.0 Å². The first-order valence-corrected chi connectivity index (χ1v) is 9.85. The minimum Gasteiger partial charge on any atom is -0.366 e. The lowest BCUT2D eigenvalue weighted by Gasteiger charge is -2.43. The summed E-state index contributed by atoms with van der Waals surface area (Å²) in [5, 5.41) is 6.49. The van der Waals surface area contributed by atoms with Gasteiger partial charge in [-0.05, 0) is 31.2 Å². The molecular formula is C18H24F3N5O3. The average Bonchev–Trinajstić information content (AvgIpc) is 3.16. The zero-order valence-electron chi connectivity index (χ0n) is 15.9. The molecule has 0 unspecified atom stereocenters. The lowest BCUT2D eigenvalue weighted by Crippen LogP contribution is -2.62. The van der Waals surface area contributed by atoms with Crippen molar-refractivity contribution in [1.29, 1.82) is 0 Å². The van der Waals surface area contributed by atoms with Crippen LogP contribution in [0.3, 0.4) is 0 Å². The van der Waals surface area contributed by atoms with E-state index in [0.717, 1.165) is 6.07 Å². The fourth-order valence-corrected chi connectivity index (χ4v) is 4.26. The molecule has 2 atom stereocenters. The number of halogens is 3. The van der Waals surface area contributed by atoms with Gasteiger partial charge in [0.05, 0.1) is 12.1 Å². The maximum atomic E-state index is 12.8. The number of carbonyl (C=O) groups excluding carboxylic acids is 2. The number of likely N-dealkylation sites (tertiary alicyclic amines) is 2. The van der Waals surface area contributed by atoms with Gasteiger partial charge in [0.25, 0.3) is 0 Å². The summed E-state index contributed by atoms with van der Waals surface area (Å²) in [5.41, 5.74) is -0.882. The predicted octanol–water partition coefficient (Wildman–Crippen LogP) is 1.32. The number of hydrogen-bond acceptors (Lipinski definition) is 4. The van der Waals surface area contributed by atoms with Crippen LogP contribution in [0.25, 0.3) is 0 Å². The number of morpholine rings is 1. The fourth-order valence-electron chi connectivity index (χ4n) is 4.26. The van der Waals surface area contributed by atoms with Gasteiger partial charge in [0.2, 0.25) is 5.91 Å². The van der Waals surface area contributed by atoms with E-state index in [1.165, 1.54) is 10.9 Å². The third kappa shape index (κ3) is 4.49. The summed E-state index contributed by atoms with van der Waals surface area (Å²) >= 11 is 0. The highest BCUT2D eigenvalue weighted by Crippen LogP contribution is 2.28. The van der Waals surface area contributed by atoms with Crippen molar-refractivity contribution in [3.8, 4) is 0 Å². The summed E-state index contributed by atoms with van der Waals surface area (Å²) in [5.74, 6) is 0.0190. The molecule has 3 amide bonds. The van der Waals surface area contributed by atoms with E-state index < -0.39 is 11.9 Å². The highest BCUT2D eigenvalue weighted by Gasteiger charge is 2.38. The van der Waals surface area contributed by atoms with Crippen molar-refractivity contribution < 1.29 is 27.5 Å². The van der Waals surface area contributed by atoms with Crippen molar-refractivity contribution in [3.05, 3.63) is 18.0 Å². The smallest absolute Gasteiger partial charge is 0.366 e. The first kappa shape index (κ1) is 20.0. The zero-order valence-corrected chi connectivity index (χ0v) is 15.9. The highest BCUT2D eigenvalue weighted by molar-refractivity contribution is 5.79. The molecule has 0 radical (unpaired) electrons. The van der Waals surface area contributed by atoms with E-state index in [2.05, 4.69) is 10.4 Å². The Balaban J connectivity index is 1.26. The Kier molecular flexibility index (Phi) is 5.41. The Bertz CT molecular complexity index is 760. The van der Waals surface area contributed by atoms with Crippen LogP contribution in [-0.4, -0.2) is 76.5 Å². The molecule has 3 fully saturated rings. The number of amides is 3. The number of carbonyl (C=O) groups is 2. The van der Waals surface area contributed by atoms with Crippen LogP contribution < -0.4 is 5.32 Å². The van der Waals surface area contributed by atoms with Crippen LogP contribution in [0, 0.1) is 5.92 Å². The van der Waals surface area contributed by atoms with Crippen LogP contribution in [-0.2, 0) is 22.3 Å². The molecule has 3 aliphatic heterocycles. The minimum absolute atomic E-state index is 0.0434. The molecule has 0 spiro atoms. The fraction of sp³-hybridized carbons (Fsp3) is 0.722. The van der Waals surface area contributed by atoms with Gasteiger partial charge in [-0.1, -0.05) is 0 Å². The minimum atomic E-state index is -4.43. The average molecular weight is 415 g/mol. The molecule has 3 saturated heterocycles. The first-order chi connectivity index (χ1) is 13.8. The number of alkyl halides is 3. The normalized spacial score (nSPS) is 26.2. The lowest BCUT2D eigenvalue weighted by molar-refractivity contribution is -0.141. The second-order valence-electron chi connectivity index (χ2n) is 7.89. The molecule has 1 aromatic rings. The zero-order chi connectivity index (χ0) is 20.6. The van der Waals surface area contributed by atoms with Gasteiger partial charge in [-0.15, -0.1) is 0 Å². The molecule has 29 heavy (non-hydrogen) atoms. The quantitative estimate of drug-likeness (QED) is 0.790. The third-order valence-corrected chi connectivity index (χ3v) is 5.86. The molecule has 160 valence electrons. The molecular weight excluding hydrogens is 391 g/mol. The summed E-state index contributed by atoms with van der Waals surface area (Å²) in [6.45, 7) is 2.62. The predicted molar refractivity (Wildman–Crippen MR) is 94.8 cm³/mol. The molecule has 0 bridgehead atoms. The van der Waals surface area contributed by atoms with Gasteiger partial charge in [-0.3, -0.25) is 9.48 Å². The van der Waals surface area contributed by atoms with Gasteiger partial charge in [0, 0.05) is 38.9 Å². The van der Waals surface area contributed by atoms with E-state index in [-0.39, 0.29) is 36.6 Å². The summed E-state index contributed by atoms with van der Waals surface area (Å²) in [4.78, 5) is 27.9. The second-order valence-corrected chi connectivity index (χ2v) is 7.89. The van der Waals surface area contributed by atoms with Crippen LogP contribution in [0.2, 0.25) is 0 Å². The standard InChI is InChI=1S/C18H24F3N5O3/c19-18(20,21)15-4-8-26(23-15)9-12-1-5-24(6-2-12)17(28)25-7-3-14-13(10-25)22-16(27)11-29-14/h4,8,12-14H,1-3,5-7,9-11H2,(H,22,27)/t13-,14+/m1/s1. The Morgan fingerprint density at radius 1 is 1.21 bits per heavy atom. The number of nitrogens with one attached hydrogen (secondary N) is 1. The lowest BCUT2D eigenvalue weighted by atomic mass is 9.96. The van der Waals surface area contributed by atoms with Gasteiger partial charge in [0.15, 0.2) is 5.69 Å². The molecule has 4 rings (SSSR count). The Morgan fingerprint density at radius 2 is 1.93 bits per heavy atom. The number of nitrogens with zero attached hydrogens (tertiary/aromatic N) is 4. The van der Waals surface area contributed by atoms with Crippen LogP contribution in [0.5, 0.6) is 0 Å². The van der Waals surface area contributed by atoms with Crippen molar-refractivity contribution in [2.24, 2.45) is 5.92 Å². The number of urea groups is 1. The van der Waals surface area contributed by atoms with Crippen molar-refractivity contribution in [1.82, 2.24) is 24.9 Å². The Morgan fingerprint density at radius 3 is 2.62 bits per heavy atom. The van der Waals surface area contributed by atoms with E-state index >= 15 is 0 Å². The molecule has 8 nitrogen and oxygen atoms in total. The summed E-state index contributed by atoms with van der Waals surface area (Å²) in [6, 6.07) is 0.755. The maximum Gasteiger partial charge on any atom is 0.435 e. The number of rotatable bonds is 2. The van der Waals surface area contributed by atoms with Crippen LogP contribution >= 0.6 is 0 Å². The van der Waals surface area contributed by atoms with E-state index in [4.69, 9.17) is 4.74 Å². The molecule has 0 aliphatic carbocycles.